The number of nitrogens with one attached hydrogen (secondary N) is 2. The molecule has 1 amide bonds. The molecule has 0 fully saturated rings. The van der Waals surface area contributed by atoms with Gasteiger partial charge >= 0.3 is 5.69 Å². The summed E-state index contributed by atoms with van der Waals surface area (Å²) in [5.41, 5.74) is 1.25. The number of anilines is 1. The van der Waals surface area contributed by atoms with Crippen LogP contribution in [0.4, 0.5) is 5.95 Å². The first kappa shape index (κ1) is 21.5. The number of fused-ring (bicyclic) bond motifs is 2. The Bertz CT molecular complexity index is 1370. The molecule has 4 aromatic rings. The SMILES string of the molecule is CCOCCCn1c(NC(=O)CCn2c(=O)[nH]c(=O)c3ccccc32)nc2ccccc21. The van der Waals surface area contributed by atoms with E-state index in [-0.39, 0.29) is 18.9 Å². The van der Waals surface area contributed by atoms with E-state index in [0.29, 0.717) is 36.6 Å². The summed E-state index contributed by atoms with van der Waals surface area (Å²) in [6.07, 6.45) is 0.841. The van der Waals surface area contributed by atoms with E-state index in [1.54, 1.807) is 24.3 Å². The molecule has 2 aromatic heterocycles. The highest BCUT2D eigenvalue weighted by Gasteiger charge is 2.14. The molecule has 0 spiro atoms. The van der Waals surface area contributed by atoms with Crippen LogP contribution in [0, 0.1) is 0 Å². The van der Waals surface area contributed by atoms with Gasteiger partial charge in [0.15, 0.2) is 0 Å². The largest absolute Gasteiger partial charge is 0.382 e. The van der Waals surface area contributed by atoms with Crippen LogP contribution in [0.5, 0.6) is 0 Å². The molecule has 0 aliphatic heterocycles. The summed E-state index contributed by atoms with van der Waals surface area (Å²) in [6, 6.07) is 14.5. The Kier molecular flexibility index (Phi) is 6.46. The lowest BCUT2D eigenvalue weighted by Gasteiger charge is -2.11. The van der Waals surface area contributed by atoms with Crippen molar-refractivity contribution in [3.63, 3.8) is 0 Å². The van der Waals surface area contributed by atoms with Crippen LogP contribution in [-0.2, 0) is 22.6 Å². The van der Waals surface area contributed by atoms with Crippen LogP contribution in [0.2, 0.25) is 0 Å². The smallest absolute Gasteiger partial charge is 0.328 e. The number of imidazole rings is 1. The van der Waals surface area contributed by atoms with E-state index >= 15 is 0 Å². The molecule has 0 saturated heterocycles. The van der Waals surface area contributed by atoms with Gasteiger partial charge in [0.1, 0.15) is 0 Å². The third-order valence-electron chi connectivity index (χ3n) is 5.25. The van der Waals surface area contributed by atoms with Crippen molar-refractivity contribution in [2.45, 2.75) is 32.9 Å². The Balaban J connectivity index is 1.52. The molecule has 0 atom stereocenters. The maximum atomic E-state index is 12.7. The summed E-state index contributed by atoms with van der Waals surface area (Å²) in [5, 5.41) is 3.28. The average Bonchev–Trinajstić information content (AvgIpc) is 3.13. The van der Waals surface area contributed by atoms with E-state index in [2.05, 4.69) is 15.3 Å². The van der Waals surface area contributed by atoms with Crippen LogP contribution >= 0.6 is 0 Å². The van der Waals surface area contributed by atoms with Crippen LogP contribution in [0.1, 0.15) is 19.8 Å². The number of benzene rings is 2. The number of ether oxygens (including phenoxy) is 1. The number of para-hydroxylation sites is 3. The van der Waals surface area contributed by atoms with Crippen LogP contribution in [0.15, 0.2) is 58.1 Å². The van der Waals surface area contributed by atoms with Crippen molar-refractivity contribution in [1.29, 1.82) is 0 Å². The normalized spacial score (nSPS) is 11.3. The van der Waals surface area contributed by atoms with E-state index in [0.717, 1.165) is 17.5 Å². The zero-order valence-corrected chi connectivity index (χ0v) is 17.8. The molecule has 2 heterocycles. The second-order valence-corrected chi connectivity index (χ2v) is 7.35. The second-order valence-electron chi connectivity index (χ2n) is 7.35. The molecular weight excluding hydrogens is 410 g/mol. The minimum Gasteiger partial charge on any atom is -0.382 e. The highest BCUT2D eigenvalue weighted by molar-refractivity contribution is 5.91. The van der Waals surface area contributed by atoms with Crippen molar-refractivity contribution in [3.05, 3.63) is 69.4 Å². The number of H-pyrrole nitrogens is 1. The Hall–Kier alpha value is -3.72. The molecule has 9 nitrogen and oxygen atoms in total. The molecule has 2 N–H and O–H groups in total. The summed E-state index contributed by atoms with van der Waals surface area (Å²) in [4.78, 5) is 43.9. The van der Waals surface area contributed by atoms with Crippen LogP contribution in [0.3, 0.4) is 0 Å². The van der Waals surface area contributed by atoms with E-state index in [4.69, 9.17) is 4.74 Å². The standard InChI is InChI=1S/C23H25N5O4/c1-2-32-15-7-13-27-19-11-6-4-9-17(19)24-22(27)25-20(29)12-14-28-18-10-5-3-8-16(18)21(30)26-23(28)31/h3-6,8-11H,2,7,12-15H2,1H3,(H,24,25,29)(H,26,30,31). The quantitative estimate of drug-likeness (QED) is 0.393. The fourth-order valence-electron chi connectivity index (χ4n) is 3.73. The van der Waals surface area contributed by atoms with Gasteiger partial charge in [-0.25, -0.2) is 9.78 Å². The van der Waals surface area contributed by atoms with E-state index in [1.807, 2.05) is 35.8 Å². The van der Waals surface area contributed by atoms with Crippen LogP contribution in [0.25, 0.3) is 21.9 Å². The summed E-state index contributed by atoms with van der Waals surface area (Å²) in [5.74, 6) is 0.194. The van der Waals surface area contributed by atoms with Crippen LogP contribution in [-0.4, -0.2) is 38.2 Å². The monoisotopic (exact) mass is 435 g/mol. The lowest BCUT2D eigenvalue weighted by Crippen LogP contribution is -2.31. The van der Waals surface area contributed by atoms with E-state index in [9.17, 15) is 14.4 Å². The van der Waals surface area contributed by atoms with Gasteiger partial charge in [-0.05, 0) is 37.6 Å². The number of carbonyl (C=O) groups excluding carboxylic acids is 1. The summed E-state index contributed by atoms with van der Waals surface area (Å²) in [6.45, 7) is 4.02. The van der Waals surface area contributed by atoms with Gasteiger partial charge in [0.25, 0.3) is 5.56 Å². The number of hydrogen-bond acceptors (Lipinski definition) is 5. The number of amides is 1. The third kappa shape index (κ3) is 4.47. The van der Waals surface area contributed by atoms with Gasteiger partial charge in [-0.3, -0.25) is 24.5 Å². The van der Waals surface area contributed by atoms with Gasteiger partial charge in [-0.15, -0.1) is 0 Å². The molecule has 0 aliphatic rings. The fraction of sp³-hybridized carbons (Fsp3) is 0.304. The van der Waals surface area contributed by atoms with Crippen molar-refractivity contribution in [2.24, 2.45) is 0 Å². The molecule has 0 saturated carbocycles. The first-order valence-electron chi connectivity index (χ1n) is 10.6. The van der Waals surface area contributed by atoms with Gasteiger partial charge < -0.3 is 9.30 Å². The maximum Gasteiger partial charge on any atom is 0.328 e. The summed E-state index contributed by atoms with van der Waals surface area (Å²) < 4.78 is 8.80. The highest BCUT2D eigenvalue weighted by atomic mass is 16.5. The predicted octanol–water partition coefficient (Wildman–Crippen LogP) is 2.49. The van der Waals surface area contributed by atoms with Crippen molar-refractivity contribution >= 4 is 33.8 Å². The molecule has 166 valence electrons. The second kappa shape index (κ2) is 9.61. The van der Waals surface area contributed by atoms with Crippen molar-refractivity contribution < 1.29 is 9.53 Å². The first-order chi connectivity index (χ1) is 15.6. The number of hydrogen-bond donors (Lipinski definition) is 2. The highest BCUT2D eigenvalue weighted by Crippen LogP contribution is 2.20. The molecule has 0 aliphatic carbocycles. The molecule has 4 rings (SSSR count). The average molecular weight is 435 g/mol. The Morgan fingerprint density at radius 1 is 1.03 bits per heavy atom. The first-order valence-corrected chi connectivity index (χ1v) is 10.6. The summed E-state index contributed by atoms with van der Waals surface area (Å²) >= 11 is 0. The van der Waals surface area contributed by atoms with Gasteiger partial charge in [-0.1, -0.05) is 24.3 Å². The zero-order chi connectivity index (χ0) is 22.5. The van der Waals surface area contributed by atoms with E-state index < -0.39 is 11.2 Å². The lowest BCUT2D eigenvalue weighted by atomic mass is 10.2. The molecule has 32 heavy (non-hydrogen) atoms. The van der Waals surface area contributed by atoms with Crippen molar-refractivity contribution in [1.82, 2.24) is 19.1 Å². The van der Waals surface area contributed by atoms with E-state index in [1.165, 1.54) is 4.57 Å². The summed E-state index contributed by atoms with van der Waals surface area (Å²) in [7, 11) is 0. The number of nitrogens with zero attached hydrogens (tertiary/aromatic N) is 3. The molecule has 0 unspecified atom stereocenters. The predicted molar refractivity (Wildman–Crippen MR) is 123 cm³/mol. The van der Waals surface area contributed by atoms with Crippen molar-refractivity contribution in [2.75, 3.05) is 18.5 Å². The third-order valence-corrected chi connectivity index (χ3v) is 5.25. The minimum absolute atomic E-state index is 0.0537. The van der Waals surface area contributed by atoms with Gasteiger partial charge in [0.2, 0.25) is 11.9 Å². The molecule has 2 aromatic carbocycles. The fourth-order valence-corrected chi connectivity index (χ4v) is 3.73. The Labute approximate surface area is 183 Å². The topological polar surface area (TPSA) is 111 Å². The van der Waals surface area contributed by atoms with Gasteiger partial charge in [0.05, 0.1) is 21.9 Å². The Morgan fingerprint density at radius 2 is 1.78 bits per heavy atom. The lowest BCUT2D eigenvalue weighted by molar-refractivity contribution is -0.116. The number of aromatic nitrogens is 4. The van der Waals surface area contributed by atoms with Crippen molar-refractivity contribution in [3.8, 4) is 0 Å². The molecular formula is C23H25N5O4. The van der Waals surface area contributed by atoms with Gasteiger partial charge in [0, 0.05) is 32.7 Å². The zero-order valence-electron chi connectivity index (χ0n) is 17.8. The van der Waals surface area contributed by atoms with Crippen LogP contribution < -0.4 is 16.6 Å². The maximum absolute atomic E-state index is 12.7. The molecule has 9 heteroatoms. The minimum atomic E-state index is -0.537. The molecule has 0 radical (unpaired) electrons. The number of aromatic amines is 1. The Morgan fingerprint density at radius 3 is 2.59 bits per heavy atom. The number of rotatable bonds is 9. The molecule has 0 bridgehead atoms. The van der Waals surface area contributed by atoms with Gasteiger partial charge in [-0.2, -0.15) is 0 Å². The number of aryl methyl sites for hydroxylation is 2. The number of carbonyl (C=O) groups is 1.